The molecule has 4 rings (SSSR count). The highest BCUT2D eigenvalue weighted by Crippen LogP contribution is 2.74. The predicted octanol–water partition coefficient (Wildman–Crippen LogP) is 3.36. The molecule has 4 fully saturated rings. The van der Waals surface area contributed by atoms with Crippen LogP contribution >= 0.6 is 0 Å². The van der Waals surface area contributed by atoms with Gasteiger partial charge in [0.1, 0.15) is 0 Å². The molecule has 5 nitrogen and oxygen atoms in total. The van der Waals surface area contributed by atoms with Crippen LogP contribution in [0.3, 0.4) is 0 Å². The minimum atomic E-state index is -0.996. The molecule has 4 aliphatic carbocycles. The topological polar surface area (TPSA) is 98.4 Å². The van der Waals surface area contributed by atoms with Gasteiger partial charge >= 0.3 is 11.9 Å². The van der Waals surface area contributed by atoms with Crippen molar-refractivity contribution in [2.75, 3.05) is 0 Å². The number of carboxylic acid groups (broad SMARTS) is 2. The van der Waals surface area contributed by atoms with E-state index in [4.69, 9.17) is 5.11 Å². The van der Waals surface area contributed by atoms with E-state index >= 15 is 0 Å². The Morgan fingerprint density at radius 3 is 2.39 bits per heavy atom. The molecule has 0 aromatic carbocycles. The number of hydrogen-bond acceptors (Lipinski definition) is 3. The summed E-state index contributed by atoms with van der Waals surface area (Å²) in [6, 6.07) is 2.45. The number of rotatable bonds is 5. The second kappa shape index (κ2) is 4.59. The Balaban J connectivity index is 1.96. The number of nitriles is 1. The van der Waals surface area contributed by atoms with E-state index in [-0.39, 0.29) is 16.4 Å². The lowest BCUT2D eigenvalue weighted by molar-refractivity contribution is -0.201. The summed E-state index contributed by atoms with van der Waals surface area (Å²) < 4.78 is 0. The number of nitrogens with zero attached hydrogens (tertiary/aromatic N) is 1. The number of carbonyl (C=O) groups is 2. The first-order valence-electron chi connectivity index (χ1n) is 8.13. The fourth-order valence-corrected chi connectivity index (χ4v) is 6.51. The number of hydrogen-bond donors (Lipinski definition) is 2. The molecule has 4 unspecified atom stereocenters. The fourth-order valence-electron chi connectivity index (χ4n) is 6.51. The van der Waals surface area contributed by atoms with Gasteiger partial charge in [-0.15, -0.1) is 0 Å². The lowest BCUT2D eigenvalue weighted by Gasteiger charge is -2.67. The van der Waals surface area contributed by atoms with Crippen molar-refractivity contribution < 1.29 is 19.8 Å². The second-order valence-electron chi connectivity index (χ2n) is 8.76. The maximum atomic E-state index is 12.0. The van der Waals surface area contributed by atoms with Gasteiger partial charge < -0.3 is 10.2 Å². The smallest absolute Gasteiger partial charge is 0.330 e. The SMILES string of the molecule is C=C(CCC12CC3(C)CC(C#N)(C1)CC(C(=O)O)(C3)C2)C(=O)O. The van der Waals surface area contributed by atoms with E-state index in [1.165, 1.54) is 0 Å². The molecule has 0 radical (unpaired) electrons. The van der Waals surface area contributed by atoms with Gasteiger partial charge in [0.15, 0.2) is 0 Å². The highest BCUT2D eigenvalue weighted by Gasteiger charge is 2.69. The molecule has 0 heterocycles. The van der Waals surface area contributed by atoms with E-state index in [0.717, 1.165) is 12.8 Å². The van der Waals surface area contributed by atoms with E-state index in [0.29, 0.717) is 38.5 Å². The number of aliphatic carboxylic acids is 2. The van der Waals surface area contributed by atoms with Crippen molar-refractivity contribution in [3.8, 4) is 6.07 Å². The Morgan fingerprint density at radius 1 is 1.13 bits per heavy atom. The molecular weight excluding hydrogens is 294 g/mol. The molecule has 0 spiro atoms. The largest absolute Gasteiger partial charge is 0.481 e. The van der Waals surface area contributed by atoms with E-state index in [1.807, 2.05) is 0 Å². The van der Waals surface area contributed by atoms with Crippen molar-refractivity contribution in [2.45, 2.75) is 58.3 Å². The monoisotopic (exact) mass is 317 g/mol. The van der Waals surface area contributed by atoms with Gasteiger partial charge in [-0.3, -0.25) is 4.79 Å². The Hall–Kier alpha value is -1.83. The zero-order valence-electron chi connectivity index (χ0n) is 13.5. The maximum Gasteiger partial charge on any atom is 0.330 e. The minimum absolute atomic E-state index is 0.132. The molecule has 124 valence electrons. The van der Waals surface area contributed by atoms with Gasteiger partial charge in [-0.25, -0.2) is 4.79 Å². The summed E-state index contributed by atoms with van der Waals surface area (Å²) in [6.45, 7) is 5.70. The summed E-state index contributed by atoms with van der Waals surface area (Å²) in [4.78, 5) is 23.0. The third kappa shape index (κ3) is 2.36. The summed E-state index contributed by atoms with van der Waals surface area (Å²) in [5.41, 5.74) is -1.58. The van der Waals surface area contributed by atoms with Crippen LogP contribution in [0.4, 0.5) is 0 Å². The van der Waals surface area contributed by atoms with Crippen LogP contribution in [-0.2, 0) is 9.59 Å². The first-order chi connectivity index (χ1) is 10.6. The number of carboxylic acids is 2. The highest BCUT2D eigenvalue weighted by molar-refractivity contribution is 5.85. The third-order valence-electron chi connectivity index (χ3n) is 6.39. The van der Waals surface area contributed by atoms with Crippen LogP contribution in [0, 0.1) is 33.0 Å². The first-order valence-corrected chi connectivity index (χ1v) is 8.13. The van der Waals surface area contributed by atoms with Crippen molar-refractivity contribution in [1.82, 2.24) is 0 Å². The summed E-state index contributed by atoms with van der Waals surface area (Å²) in [5.74, 6) is -1.78. The predicted molar refractivity (Wildman–Crippen MR) is 82.4 cm³/mol. The van der Waals surface area contributed by atoms with Gasteiger partial charge in [-0.1, -0.05) is 13.5 Å². The molecule has 23 heavy (non-hydrogen) atoms. The standard InChI is InChI=1S/C18H23NO4/c1-12(13(20)21)3-4-16-5-15(2)6-17(8-16,11-19)10-18(7-15,9-16)14(22)23/h1,3-10H2,2H3,(H,20,21)(H,22,23). The molecule has 0 aromatic rings. The molecule has 0 aromatic heterocycles. The highest BCUT2D eigenvalue weighted by atomic mass is 16.4. The zero-order chi connectivity index (χ0) is 17.1. The van der Waals surface area contributed by atoms with E-state index in [1.54, 1.807) is 0 Å². The molecule has 2 N–H and O–H groups in total. The summed E-state index contributed by atoms with van der Waals surface area (Å²) in [7, 11) is 0. The summed E-state index contributed by atoms with van der Waals surface area (Å²) in [6.07, 6.45) is 5.01. The van der Waals surface area contributed by atoms with Crippen molar-refractivity contribution in [1.29, 1.82) is 5.26 Å². The molecule has 4 atom stereocenters. The zero-order valence-corrected chi connectivity index (χ0v) is 13.5. The Bertz CT molecular complexity index is 650. The van der Waals surface area contributed by atoms with Gasteiger partial charge in [0, 0.05) is 5.57 Å². The average Bonchev–Trinajstić information content (AvgIpc) is 2.42. The van der Waals surface area contributed by atoms with Gasteiger partial charge in [0.25, 0.3) is 0 Å². The van der Waals surface area contributed by atoms with Crippen LogP contribution in [0.15, 0.2) is 12.2 Å². The Labute approximate surface area is 136 Å². The molecule has 4 aliphatic rings. The van der Waals surface area contributed by atoms with Gasteiger partial charge in [-0.05, 0) is 62.2 Å². The van der Waals surface area contributed by atoms with Gasteiger partial charge in [-0.2, -0.15) is 5.26 Å². The normalized spacial score (nSPS) is 43.8. The van der Waals surface area contributed by atoms with Crippen LogP contribution < -0.4 is 0 Å². The second-order valence-corrected chi connectivity index (χ2v) is 8.76. The third-order valence-corrected chi connectivity index (χ3v) is 6.39. The van der Waals surface area contributed by atoms with Crippen molar-refractivity contribution in [3.63, 3.8) is 0 Å². The Kier molecular flexibility index (Phi) is 3.20. The lowest BCUT2D eigenvalue weighted by atomic mass is 9.35. The van der Waals surface area contributed by atoms with E-state index in [2.05, 4.69) is 19.6 Å². The van der Waals surface area contributed by atoms with Crippen LogP contribution in [-0.4, -0.2) is 22.2 Å². The molecule has 4 bridgehead atoms. The van der Waals surface area contributed by atoms with E-state index in [9.17, 15) is 20.0 Å². The van der Waals surface area contributed by atoms with Crippen molar-refractivity contribution in [2.24, 2.45) is 21.7 Å². The van der Waals surface area contributed by atoms with Crippen LogP contribution in [0.5, 0.6) is 0 Å². The molecule has 5 heteroatoms. The van der Waals surface area contributed by atoms with Crippen LogP contribution in [0.25, 0.3) is 0 Å². The lowest BCUT2D eigenvalue weighted by Crippen LogP contribution is -2.62. The van der Waals surface area contributed by atoms with E-state index < -0.39 is 22.8 Å². The molecule has 0 amide bonds. The van der Waals surface area contributed by atoms with Crippen molar-refractivity contribution in [3.05, 3.63) is 12.2 Å². The van der Waals surface area contributed by atoms with Crippen LogP contribution in [0.2, 0.25) is 0 Å². The minimum Gasteiger partial charge on any atom is -0.481 e. The summed E-state index contributed by atoms with van der Waals surface area (Å²) in [5, 5.41) is 28.7. The van der Waals surface area contributed by atoms with Gasteiger partial charge in [0.2, 0.25) is 0 Å². The molecular formula is C18H23NO4. The first kappa shape index (κ1) is 16.0. The molecule has 0 aliphatic heterocycles. The average molecular weight is 317 g/mol. The van der Waals surface area contributed by atoms with Gasteiger partial charge in [0.05, 0.1) is 16.9 Å². The summed E-state index contributed by atoms with van der Waals surface area (Å²) >= 11 is 0. The quantitative estimate of drug-likeness (QED) is 0.757. The Morgan fingerprint density at radius 2 is 1.83 bits per heavy atom. The molecule has 4 saturated carbocycles. The fraction of sp³-hybridized carbons (Fsp3) is 0.722. The van der Waals surface area contributed by atoms with Crippen molar-refractivity contribution >= 4 is 11.9 Å². The maximum absolute atomic E-state index is 12.0. The van der Waals surface area contributed by atoms with Crippen LogP contribution in [0.1, 0.15) is 58.3 Å². The molecule has 0 saturated heterocycles.